The summed E-state index contributed by atoms with van der Waals surface area (Å²) in [4.78, 5) is 14.2. The zero-order valence-electron chi connectivity index (χ0n) is 8.90. The Labute approximate surface area is 103 Å². The maximum atomic E-state index is 11.9. The van der Waals surface area contributed by atoms with E-state index in [1.807, 2.05) is 11.0 Å². The van der Waals surface area contributed by atoms with Crippen LogP contribution in [0.15, 0.2) is 24.3 Å². The molecule has 0 saturated carbocycles. The Morgan fingerprint density at radius 2 is 2.38 bits per heavy atom. The summed E-state index contributed by atoms with van der Waals surface area (Å²) in [6.07, 6.45) is 1.39. The Bertz CT molecular complexity index is 394. The summed E-state index contributed by atoms with van der Waals surface area (Å²) in [5.41, 5.74) is 0.864. The Morgan fingerprint density at radius 3 is 3.00 bits per heavy atom. The van der Waals surface area contributed by atoms with Crippen LogP contribution in [0.4, 0.5) is 0 Å². The molecule has 1 amide bonds. The monoisotopic (exact) mass is 283 g/mol. The van der Waals surface area contributed by atoms with Gasteiger partial charge in [-0.1, -0.05) is 28.1 Å². The van der Waals surface area contributed by atoms with Crippen molar-refractivity contribution in [3.63, 3.8) is 0 Å². The molecule has 1 aliphatic rings. The third-order valence-electron chi connectivity index (χ3n) is 2.75. The van der Waals surface area contributed by atoms with E-state index in [1.54, 1.807) is 18.2 Å². The molecule has 0 radical (unpaired) electrons. The minimum Gasteiger partial charge on any atom is -0.508 e. The van der Waals surface area contributed by atoms with Crippen LogP contribution in [-0.2, 0) is 11.2 Å². The van der Waals surface area contributed by atoms with Crippen molar-refractivity contribution >= 4 is 21.8 Å². The standard InChI is InChI=1S/C12H14BrNO2/c13-10-4-5-14(8-10)12(16)7-9-2-1-3-11(15)6-9/h1-3,6,10,15H,4-5,7-8H2. The third-order valence-corrected chi connectivity index (χ3v) is 3.50. The fraction of sp³-hybridized carbons (Fsp3) is 0.417. The van der Waals surface area contributed by atoms with Gasteiger partial charge in [-0.25, -0.2) is 0 Å². The number of carbonyl (C=O) groups excluding carboxylic acids is 1. The number of alkyl halides is 1. The number of amides is 1. The molecule has 1 N–H and O–H groups in total. The van der Waals surface area contributed by atoms with Crippen LogP contribution in [0.25, 0.3) is 0 Å². The predicted molar refractivity (Wildman–Crippen MR) is 65.7 cm³/mol. The number of phenolic OH excluding ortho intramolecular Hbond substituents is 1. The summed E-state index contributed by atoms with van der Waals surface area (Å²) in [5.74, 6) is 0.345. The zero-order chi connectivity index (χ0) is 11.5. The maximum absolute atomic E-state index is 11.9. The molecule has 3 nitrogen and oxygen atoms in total. The molecular weight excluding hydrogens is 270 g/mol. The van der Waals surface area contributed by atoms with Gasteiger partial charge in [-0.3, -0.25) is 4.79 Å². The molecule has 1 aliphatic heterocycles. The zero-order valence-corrected chi connectivity index (χ0v) is 10.5. The highest BCUT2D eigenvalue weighted by Gasteiger charge is 2.23. The van der Waals surface area contributed by atoms with Gasteiger partial charge in [0, 0.05) is 17.9 Å². The number of nitrogens with zero attached hydrogens (tertiary/aromatic N) is 1. The lowest BCUT2D eigenvalue weighted by Crippen LogP contribution is -2.30. The molecule has 86 valence electrons. The molecule has 4 heteroatoms. The smallest absolute Gasteiger partial charge is 0.227 e. The van der Waals surface area contributed by atoms with Crippen molar-refractivity contribution < 1.29 is 9.90 Å². The van der Waals surface area contributed by atoms with Crippen LogP contribution in [0.2, 0.25) is 0 Å². The van der Waals surface area contributed by atoms with Crippen LogP contribution < -0.4 is 0 Å². The summed E-state index contributed by atoms with van der Waals surface area (Å²) in [6.45, 7) is 1.62. The van der Waals surface area contributed by atoms with Gasteiger partial charge in [0.05, 0.1) is 6.42 Å². The second-order valence-electron chi connectivity index (χ2n) is 4.07. The van der Waals surface area contributed by atoms with Crippen LogP contribution in [0.3, 0.4) is 0 Å². The van der Waals surface area contributed by atoms with E-state index in [4.69, 9.17) is 0 Å². The highest BCUT2D eigenvalue weighted by atomic mass is 79.9. The van der Waals surface area contributed by atoms with Crippen LogP contribution in [-0.4, -0.2) is 33.8 Å². The first-order chi connectivity index (χ1) is 7.65. The summed E-state index contributed by atoms with van der Waals surface area (Å²) in [5, 5.41) is 9.30. The summed E-state index contributed by atoms with van der Waals surface area (Å²) in [6, 6.07) is 6.87. The van der Waals surface area contributed by atoms with Gasteiger partial charge in [0.2, 0.25) is 5.91 Å². The SMILES string of the molecule is O=C(Cc1cccc(O)c1)N1CCC(Br)C1. The van der Waals surface area contributed by atoms with Crippen molar-refractivity contribution in [1.29, 1.82) is 0 Å². The van der Waals surface area contributed by atoms with Crippen molar-refractivity contribution in [3.05, 3.63) is 29.8 Å². The fourth-order valence-corrected chi connectivity index (χ4v) is 2.45. The maximum Gasteiger partial charge on any atom is 0.227 e. The highest BCUT2D eigenvalue weighted by Crippen LogP contribution is 2.18. The number of carbonyl (C=O) groups is 1. The van der Waals surface area contributed by atoms with E-state index in [1.165, 1.54) is 0 Å². The first-order valence-corrected chi connectivity index (χ1v) is 6.26. The van der Waals surface area contributed by atoms with Gasteiger partial charge in [-0.05, 0) is 24.1 Å². The molecule has 1 aromatic rings. The minimum atomic E-state index is 0.132. The van der Waals surface area contributed by atoms with Crippen molar-refractivity contribution in [2.24, 2.45) is 0 Å². The Hall–Kier alpha value is -1.03. The van der Waals surface area contributed by atoms with Crippen molar-refractivity contribution in [2.75, 3.05) is 13.1 Å². The number of hydrogen-bond donors (Lipinski definition) is 1. The second kappa shape index (κ2) is 4.87. The van der Waals surface area contributed by atoms with Crippen molar-refractivity contribution in [1.82, 2.24) is 4.90 Å². The van der Waals surface area contributed by atoms with E-state index in [-0.39, 0.29) is 11.7 Å². The van der Waals surface area contributed by atoms with Crippen LogP contribution in [0.5, 0.6) is 5.75 Å². The molecule has 0 aromatic heterocycles. The number of phenols is 1. The van der Waals surface area contributed by atoms with E-state index >= 15 is 0 Å². The Kier molecular flexibility index (Phi) is 3.49. The molecule has 2 rings (SSSR count). The van der Waals surface area contributed by atoms with Gasteiger partial charge in [-0.15, -0.1) is 0 Å². The molecule has 1 unspecified atom stereocenters. The Morgan fingerprint density at radius 1 is 1.56 bits per heavy atom. The quantitative estimate of drug-likeness (QED) is 0.843. The molecule has 0 aliphatic carbocycles. The number of hydrogen-bond acceptors (Lipinski definition) is 2. The van der Waals surface area contributed by atoms with Gasteiger partial charge in [0.1, 0.15) is 5.75 Å². The number of likely N-dealkylation sites (tertiary alicyclic amines) is 1. The van der Waals surface area contributed by atoms with E-state index in [9.17, 15) is 9.90 Å². The van der Waals surface area contributed by atoms with E-state index in [0.29, 0.717) is 11.2 Å². The van der Waals surface area contributed by atoms with Gasteiger partial charge in [0.15, 0.2) is 0 Å². The van der Waals surface area contributed by atoms with Gasteiger partial charge in [-0.2, -0.15) is 0 Å². The average molecular weight is 284 g/mol. The van der Waals surface area contributed by atoms with E-state index in [0.717, 1.165) is 25.1 Å². The molecule has 1 atom stereocenters. The first-order valence-electron chi connectivity index (χ1n) is 5.35. The lowest BCUT2D eigenvalue weighted by Gasteiger charge is -2.15. The summed E-state index contributed by atoms with van der Waals surface area (Å²) >= 11 is 3.51. The van der Waals surface area contributed by atoms with Gasteiger partial charge < -0.3 is 10.0 Å². The molecule has 1 heterocycles. The molecule has 16 heavy (non-hydrogen) atoms. The summed E-state index contributed by atoms with van der Waals surface area (Å²) < 4.78 is 0. The second-order valence-corrected chi connectivity index (χ2v) is 5.37. The normalized spacial score (nSPS) is 20.1. The van der Waals surface area contributed by atoms with Gasteiger partial charge >= 0.3 is 0 Å². The average Bonchev–Trinajstić information content (AvgIpc) is 2.65. The van der Waals surface area contributed by atoms with Gasteiger partial charge in [0.25, 0.3) is 0 Å². The lowest BCUT2D eigenvalue weighted by molar-refractivity contribution is -0.129. The van der Waals surface area contributed by atoms with Crippen molar-refractivity contribution in [3.8, 4) is 5.75 Å². The topological polar surface area (TPSA) is 40.5 Å². The number of benzene rings is 1. The molecule has 0 bridgehead atoms. The van der Waals surface area contributed by atoms with Crippen LogP contribution >= 0.6 is 15.9 Å². The third kappa shape index (κ3) is 2.76. The molecule has 1 fully saturated rings. The number of aromatic hydroxyl groups is 1. The van der Waals surface area contributed by atoms with Crippen molar-refractivity contribution in [2.45, 2.75) is 17.7 Å². The molecule has 0 spiro atoms. The number of rotatable bonds is 2. The predicted octanol–water partition coefficient (Wildman–Crippen LogP) is 1.93. The lowest BCUT2D eigenvalue weighted by atomic mass is 10.1. The highest BCUT2D eigenvalue weighted by molar-refractivity contribution is 9.09. The fourth-order valence-electron chi connectivity index (χ4n) is 1.90. The molecule has 1 saturated heterocycles. The summed E-state index contributed by atoms with van der Waals surface area (Å²) in [7, 11) is 0. The van der Waals surface area contributed by atoms with E-state index < -0.39 is 0 Å². The van der Waals surface area contributed by atoms with Crippen LogP contribution in [0.1, 0.15) is 12.0 Å². The number of halogens is 1. The van der Waals surface area contributed by atoms with Crippen LogP contribution in [0, 0.1) is 0 Å². The Balaban J connectivity index is 1.97. The first kappa shape index (κ1) is 11.5. The minimum absolute atomic E-state index is 0.132. The molecular formula is C12H14BrNO2. The molecule has 1 aromatic carbocycles. The van der Waals surface area contributed by atoms with E-state index in [2.05, 4.69) is 15.9 Å². The largest absolute Gasteiger partial charge is 0.508 e.